The van der Waals surface area contributed by atoms with E-state index in [4.69, 9.17) is 10.9 Å². The third kappa shape index (κ3) is 3.16. The number of amidine groups is 1. The molecule has 5 nitrogen and oxygen atoms in total. The predicted molar refractivity (Wildman–Crippen MR) is 65.3 cm³/mol. The first-order valence-electron chi connectivity index (χ1n) is 4.79. The van der Waals surface area contributed by atoms with E-state index in [0.29, 0.717) is 6.07 Å². The van der Waals surface area contributed by atoms with Crippen LogP contribution in [0.25, 0.3) is 0 Å². The van der Waals surface area contributed by atoms with Crippen molar-refractivity contribution in [3.63, 3.8) is 0 Å². The summed E-state index contributed by atoms with van der Waals surface area (Å²) in [5.74, 6) is -3.64. The number of carbonyl (C=O) groups is 1. The first-order chi connectivity index (χ1) is 8.36. The van der Waals surface area contributed by atoms with Gasteiger partial charge in [-0.25, -0.2) is 8.78 Å². The van der Waals surface area contributed by atoms with E-state index in [0.717, 1.165) is 6.07 Å². The molecule has 1 unspecified atom stereocenters. The van der Waals surface area contributed by atoms with Crippen molar-refractivity contribution < 1.29 is 18.8 Å². The molecule has 0 aromatic heterocycles. The van der Waals surface area contributed by atoms with Crippen molar-refractivity contribution in [2.24, 2.45) is 16.8 Å². The van der Waals surface area contributed by atoms with Crippen molar-refractivity contribution in [2.75, 3.05) is 5.32 Å². The molecule has 0 saturated carbocycles. The summed E-state index contributed by atoms with van der Waals surface area (Å²) in [5.41, 5.74) is 5.04. The molecule has 1 aromatic carbocycles. The summed E-state index contributed by atoms with van der Waals surface area (Å²) in [6.07, 6.45) is 0. The average molecular weight is 322 g/mol. The second kappa shape index (κ2) is 5.76. The van der Waals surface area contributed by atoms with Crippen LogP contribution in [0.3, 0.4) is 0 Å². The van der Waals surface area contributed by atoms with Crippen LogP contribution in [0.2, 0.25) is 0 Å². The van der Waals surface area contributed by atoms with Gasteiger partial charge in [-0.15, -0.1) is 0 Å². The van der Waals surface area contributed by atoms with E-state index in [1.807, 2.05) is 0 Å². The number of anilines is 1. The van der Waals surface area contributed by atoms with Gasteiger partial charge in [-0.1, -0.05) is 5.16 Å². The number of benzene rings is 1. The monoisotopic (exact) mass is 321 g/mol. The lowest BCUT2D eigenvalue weighted by Crippen LogP contribution is -2.32. The highest BCUT2D eigenvalue weighted by Gasteiger charge is 2.19. The second-order valence-corrected chi connectivity index (χ2v) is 4.34. The highest BCUT2D eigenvalue weighted by molar-refractivity contribution is 9.10. The lowest BCUT2D eigenvalue weighted by molar-refractivity contribution is -0.117. The third-order valence-corrected chi connectivity index (χ3v) is 2.83. The molecule has 0 aliphatic heterocycles. The third-order valence-electron chi connectivity index (χ3n) is 2.22. The molecule has 18 heavy (non-hydrogen) atoms. The van der Waals surface area contributed by atoms with Gasteiger partial charge in [0, 0.05) is 6.07 Å². The van der Waals surface area contributed by atoms with Gasteiger partial charge in [0.15, 0.2) is 5.84 Å². The summed E-state index contributed by atoms with van der Waals surface area (Å²) in [6, 6.07) is 1.72. The molecule has 0 fully saturated rings. The first-order valence-corrected chi connectivity index (χ1v) is 5.59. The summed E-state index contributed by atoms with van der Waals surface area (Å²) < 4.78 is 26.3. The standard InChI is InChI=1S/C10H10BrF2N3O2/c1-4(9(14)16-18)10(17)15-8-2-5(11)6(12)3-7(8)13/h2-4,18H,1H3,(H2,14,16)(H,15,17). The zero-order chi connectivity index (χ0) is 13.9. The molecule has 0 aliphatic rings. The highest BCUT2D eigenvalue weighted by atomic mass is 79.9. The molecule has 1 rings (SSSR count). The molecule has 1 amide bonds. The molecule has 98 valence electrons. The zero-order valence-electron chi connectivity index (χ0n) is 9.25. The summed E-state index contributed by atoms with van der Waals surface area (Å²) in [7, 11) is 0. The molecular weight excluding hydrogens is 312 g/mol. The normalized spacial score (nSPS) is 13.2. The number of halogens is 3. The number of rotatable bonds is 3. The molecular formula is C10H10BrF2N3O2. The van der Waals surface area contributed by atoms with Gasteiger partial charge in [0.2, 0.25) is 5.91 Å². The molecule has 0 heterocycles. The molecule has 0 saturated heterocycles. The minimum Gasteiger partial charge on any atom is -0.409 e. The quantitative estimate of drug-likeness (QED) is 0.262. The Balaban J connectivity index is 2.92. The average Bonchev–Trinajstić information content (AvgIpc) is 2.33. The van der Waals surface area contributed by atoms with Crippen LogP contribution in [0.1, 0.15) is 6.92 Å². The van der Waals surface area contributed by atoms with E-state index in [9.17, 15) is 13.6 Å². The maximum atomic E-state index is 13.4. The molecule has 0 spiro atoms. The zero-order valence-corrected chi connectivity index (χ0v) is 10.8. The fourth-order valence-electron chi connectivity index (χ4n) is 1.08. The topological polar surface area (TPSA) is 87.7 Å². The largest absolute Gasteiger partial charge is 0.409 e. The van der Waals surface area contributed by atoms with E-state index < -0.39 is 23.5 Å². The van der Waals surface area contributed by atoms with Crippen LogP contribution < -0.4 is 11.1 Å². The Labute approximate surface area is 110 Å². The minimum absolute atomic E-state index is 0.00986. The Morgan fingerprint density at radius 1 is 1.50 bits per heavy atom. The predicted octanol–water partition coefficient (Wildman–Crippen LogP) is 2.05. The summed E-state index contributed by atoms with van der Waals surface area (Å²) >= 11 is 2.87. The Hall–Kier alpha value is -1.70. The van der Waals surface area contributed by atoms with Gasteiger partial charge in [-0.3, -0.25) is 4.79 Å². The SMILES string of the molecule is CC(C(=O)Nc1cc(Br)c(F)cc1F)/C(N)=N/O. The van der Waals surface area contributed by atoms with Crippen LogP contribution in [-0.4, -0.2) is 17.0 Å². The van der Waals surface area contributed by atoms with Gasteiger partial charge in [-0.2, -0.15) is 0 Å². The van der Waals surface area contributed by atoms with E-state index in [-0.39, 0.29) is 16.0 Å². The number of carbonyl (C=O) groups excluding carboxylic acids is 1. The van der Waals surface area contributed by atoms with Crippen LogP contribution in [0.15, 0.2) is 21.8 Å². The summed E-state index contributed by atoms with van der Waals surface area (Å²) in [4.78, 5) is 11.6. The van der Waals surface area contributed by atoms with Crippen LogP contribution in [0.4, 0.5) is 14.5 Å². The maximum Gasteiger partial charge on any atom is 0.235 e. The lowest BCUT2D eigenvalue weighted by atomic mass is 10.1. The highest BCUT2D eigenvalue weighted by Crippen LogP contribution is 2.24. The van der Waals surface area contributed by atoms with Gasteiger partial charge < -0.3 is 16.3 Å². The Morgan fingerprint density at radius 2 is 2.11 bits per heavy atom. The number of amides is 1. The van der Waals surface area contributed by atoms with Crippen molar-refractivity contribution in [2.45, 2.75) is 6.92 Å². The number of nitrogens with one attached hydrogen (secondary N) is 1. The Kier molecular flexibility index (Phi) is 4.60. The summed E-state index contributed by atoms with van der Waals surface area (Å²) in [6.45, 7) is 1.38. The fourth-order valence-corrected chi connectivity index (χ4v) is 1.42. The molecule has 1 atom stereocenters. The lowest BCUT2D eigenvalue weighted by Gasteiger charge is -2.11. The molecule has 1 aromatic rings. The first kappa shape index (κ1) is 14.4. The van der Waals surface area contributed by atoms with Crippen LogP contribution in [0.5, 0.6) is 0 Å². The van der Waals surface area contributed by atoms with Gasteiger partial charge in [0.1, 0.15) is 11.6 Å². The summed E-state index contributed by atoms with van der Waals surface area (Å²) in [5, 5.41) is 13.3. The van der Waals surface area contributed by atoms with E-state index in [1.54, 1.807) is 0 Å². The van der Waals surface area contributed by atoms with Gasteiger partial charge >= 0.3 is 0 Å². The molecule has 8 heteroatoms. The van der Waals surface area contributed by atoms with E-state index in [2.05, 4.69) is 26.4 Å². The van der Waals surface area contributed by atoms with Gasteiger partial charge in [-0.05, 0) is 28.9 Å². The molecule has 4 N–H and O–H groups in total. The van der Waals surface area contributed by atoms with Crippen molar-refractivity contribution in [1.29, 1.82) is 0 Å². The number of hydrogen-bond acceptors (Lipinski definition) is 3. The van der Waals surface area contributed by atoms with Crippen LogP contribution in [0, 0.1) is 17.6 Å². The Morgan fingerprint density at radius 3 is 2.67 bits per heavy atom. The van der Waals surface area contributed by atoms with Crippen molar-refractivity contribution in [1.82, 2.24) is 0 Å². The van der Waals surface area contributed by atoms with Crippen LogP contribution in [-0.2, 0) is 4.79 Å². The van der Waals surface area contributed by atoms with E-state index in [1.165, 1.54) is 6.92 Å². The number of hydrogen-bond donors (Lipinski definition) is 3. The maximum absolute atomic E-state index is 13.4. The second-order valence-electron chi connectivity index (χ2n) is 3.48. The van der Waals surface area contributed by atoms with Crippen molar-refractivity contribution in [3.8, 4) is 0 Å². The number of nitrogens with zero attached hydrogens (tertiary/aromatic N) is 1. The molecule has 0 aliphatic carbocycles. The minimum atomic E-state index is -0.946. The Bertz CT molecular complexity index is 508. The van der Waals surface area contributed by atoms with E-state index >= 15 is 0 Å². The van der Waals surface area contributed by atoms with Crippen LogP contribution >= 0.6 is 15.9 Å². The number of oxime groups is 1. The smallest absolute Gasteiger partial charge is 0.235 e. The molecule has 0 radical (unpaired) electrons. The van der Waals surface area contributed by atoms with Gasteiger partial charge in [0.25, 0.3) is 0 Å². The van der Waals surface area contributed by atoms with Crippen molar-refractivity contribution in [3.05, 3.63) is 28.2 Å². The number of nitrogens with two attached hydrogens (primary N) is 1. The van der Waals surface area contributed by atoms with Crippen molar-refractivity contribution >= 4 is 33.4 Å². The van der Waals surface area contributed by atoms with Gasteiger partial charge in [0.05, 0.1) is 16.1 Å². The molecule has 0 bridgehead atoms. The fraction of sp³-hybridized carbons (Fsp3) is 0.200.